The summed E-state index contributed by atoms with van der Waals surface area (Å²) in [5, 5.41) is 20.7. The molecule has 0 saturated heterocycles. The summed E-state index contributed by atoms with van der Waals surface area (Å²) in [5.74, 6) is -1.45. The maximum Gasteiger partial charge on any atom is 0.416 e. The van der Waals surface area contributed by atoms with Crippen molar-refractivity contribution in [3.05, 3.63) is 29.3 Å². The number of anilines is 1. The van der Waals surface area contributed by atoms with Gasteiger partial charge in [0.25, 0.3) is 0 Å². The normalized spacial score (nSPS) is 14.8. The Morgan fingerprint density at radius 2 is 1.95 bits per heavy atom. The Kier molecular flexibility index (Phi) is 4.09. The second kappa shape index (κ2) is 5.08. The van der Waals surface area contributed by atoms with Crippen molar-refractivity contribution in [3.63, 3.8) is 0 Å². The van der Waals surface area contributed by atoms with Crippen LogP contribution in [-0.2, 0) is 11.0 Å². The van der Waals surface area contributed by atoms with Gasteiger partial charge in [0, 0.05) is 5.69 Å². The molecule has 0 aliphatic carbocycles. The van der Waals surface area contributed by atoms with Crippen molar-refractivity contribution in [1.29, 1.82) is 0 Å². The highest BCUT2D eigenvalue weighted by Gasteiger charge is 2.32. The fourth-order valence-corrected chi connectivity index (χ4v) is 1.33. The first-order valence-corrected chi connectivity index (χ1v) is 5.41. The van der Waals surface area contributed by atoms with Crippen LogP contribution in [0.1, 0.15) is 18.1 Å². The van der Waals surface area contributed by atoms with E-state index in [4.69, 9.17) is 5.11 Å². The third kappa shape index (κ3) is 3.85. The summed E-state index contributed by atoms with van der Waals surface area (Å²) in [6.07, 6.45) is -4.47. The van der Waals surface area contributed by atoms with E-state index >= 15 is 0 Å². The lowest BCUT2D eigenvalue weighted by molar-refractivity contribution is -0.155. The molecule has 0 fully saturated rings. The Morgan fingerprint density at radius 3 is 2.42 bits per heavy atom. The average molecular weight is 277 g/mol. The van der Waals surface area contributed by atoms with Crippen LogP contribution in [0.3, 0.4) is 0 Å². The topological polar surface area (TPSA) is 69.6 Å². The lowest BCUT2D eigenvalue weighted by Gasteiger charge is -2.20. The Balaban J connectivity index is 2.93. The first-order chi connectivity index (χ1) is 8.54. The van der Waals surface area contributed by atoms with Gasteiger partial charge in [-0.2, -0.15) is 13.2 Å². The minimum absolute atomic E-state index is 0.136. The number of nitrogens with one attached hydrogen (secondary N) is 1. The van der Waals surface area contributed by atoms with Crippen LogP contribution < -0.4 is 5.32 Å². The third-order valence-electron chi connectivity index (χ3n) is 2.65. The summed E-state index contributed by atoms with van der Waals surface area (Å²) in [5.41, 5.74) is -2.23. The molecule has 4 nitrogen and oxygen atoms in total. The van der Waals surface area contributed by atoms with E-state index in [1.165, 1.54) is 6.07 Å². The minimum Gasteiger partial charge on any atom is -0.479 e. The average Bonchev–Trinajstić information content (AvgIpc) is 2.26. The highest BCUT2D eigenvalue weighted by atomic mass is 19.4. The molecule has 7 heteroatoms. The van der Waals surface area contributed by atoms with Gasteiger partial charge in [-0.3, -0.25) is 0 Å². The van der Waals surface area contributed by atoms with E-state index in [9.17, 15) is 23.1 Å². The van der Waals surface area contributed by atoms with Crippen molar-refractivity contribution in [3.8, 4) is 0 Å². The predicted molar refractivity (Wildman–Crippen MR) is 62.9 cm³/mol. The number of rotatable bonds is 4. The maximum absolute atomic E-state index is 12.5. The van der Waals surface area contributed by atoms with Gasteiger partial charge in [-0.15, -0.1) is 0 Å². The van der Waals surface area contributed by atoms with Gasteiger partial charge in [0.2, 0.25) is 0 Å². The lowest BCUT2D eigenvalue weighted by atomic mass is 10.1. The molecule has 0 aliphatic rings. The van der Waals surface area contributed by atoms with Crippen LogP contribution in [0.5, 0.6) is 0 Å². The van der Waals surface area contributed by atoms with Crippen molar-refractivity contribution < 1.29 is 28.2 Å². The van der Waals surface area contributed by atoms with Gasteiger partial charge in [0.1, 0.15) is 0 Å². The number of halogens is 3. The molecule has 1 aromatic rings. The third-order valence-corrected chi connectivity index (χ3v) is 2.65. The monoisotopic (exact) mass is 277 g/mol. The fourth-order valence-electron chi connectivity index (χ4n) is 1.33. The summed E-state index contributed by atoms with van der Waals surface area (Å²) >= 11 is 0. The molecule has 0 aromatic heterocycles. The van der Waals surface area contributed by atoms with E-state index in [2.05, 4.69) is 5.32 Å². The Bertz CT molecular complexity index is 484. The maximum atomic E-state index is 12.5. The first kappa shape index (κ1) is 15.3. The zero-order valence-corrected chi connectivity index (χ0v) is 10.4. The second-order valence-electron chi connectivity index (χ2n) is 4.46. The van der Waals surface area contributed by atoms with Gasteiger partial charge in [-0.05, 0) is 31.5 Å². The van der Waals surface area contributed by atoms with Crippen LogP contribution in [0, 0.1) is 6.92 Å². The number of aliphatic hydroxyl groups is 1. The fraction of sp³-hybridized carbons (Fsp3) is 0.417. The summed E-state index contributed by atoms with van der Waals surface area (Å²) in [6.45, 7) is 2.24. The summed E-state index contributed by atoms with van der Waals surface area (Å²) in [6, 6.07) is 3.10. The molecule has 0 spiro atoms. The van der Waals surface area contributed by atoms with Crippen LogP contribution in [0.25, 0.3) is 0 Å². The minimum atomic E-state index is -4.47. The van der Waals surface area contributed by atoms with Gasteiger partial charge in [0.05, 0.1) is 12.1 Å². The van der Waals surface area contributed by atoms with E-state index in [0.29, 0.717) is 5.56 Å². The molecule has 1 atom stereocenters. The summed E-state index contributed by atoms with van der Waals surface area (Å²) in [4.78, 5) is 10.7. The molecule has 19 heavy (non-hydrogen) atoms. The van der Waals surface area contributed by atoms with Crippen LogP contribution in [0.4, 0.5) is 18.9 Å². The number of aryl methyl sites for hydroxylation is 1. The molecule has 1 aromatic carbocycles. The molecule has 0 heterocycles. The largest absolute Gasteiger partial charge is 0.479 e. The van der Waals surface area contributed by atoms with Gasteiger partial charge >= 0.3 is 12.1 Å². The zero-order chi connectivity index (χ0) is 14.8. The van der Waals surface area contributed by atoms with E-state index in [1.54, 1.807) is 6.92 Å². The van der Waals surface area contributed by atoms with Gasteiger partial charge in [-0.1, -0.05) is 6.07 Å². The number of carboxylic acid groups (broad SMARTS) is 1. The lowest BCUT2D eigenvalue weighted by Crippen LogP contribution is -2.41. The summed E-state index contributed by atoms with van der Waals surface area (Å²) < 4.78 is 37.6. The van der Waals surface area contributed by atoms with E-state index < -0.39 is 29.9 Å². The molecule has 3 N–H and O–H groups in total. The SMILES string of the molecule is Cc1ccc(C(F)(F)F)cc1NCC(C)(O)C(=O)O. The van der Waals surface area contributed by atoms with E-state index in [0.717, 1.165) is 19.1 Å². The predicted octanol–water partition coefficient (Wildman–Crippen LogP) is 2.26. The van der Waals surface area contributed by atoms with Crippen molar-refractivity contribution in [1.82, 2.24) is 0 Å². The van der Waals surface area contributed by atoms with E-state index in [1.807, 2.05) is 0 Å². The van der Waals surface area contributed by atoms with Crippen LogP contribution in [-0.4, -0.2) is 28.3 Å². The van der Waals surface area contributed by atoms with E-state index in [-0.39, 0.29) is 5.69 Å². The summed E-state index contributed by atoms with van der Waals surface area (Å²) in [7, 11) is 0. The molecular formula is C12H14F3NO3. The van der Waals surface area contributed by atoms with Crippen molar-refractivity contribution in [2.75, 3.05) is 11.9 Å². The van der Waals surface area contributed by atoms with Gasteiger partial charge < -0.3 is 15.5 Å². The van der Waals surface area contributed by atoms with Crippen molar-refractivity contribution in [2.24, 2.45) is 0 Å². The Hall–Kier alpha value is -1.76. The molecular weight excluding hydrogens is 263 g/mol. The Morgan fingerprint density at radius 1 is 1.37 bits per heavy atom. The highest BCUT2D eigenvalue weighted by Crippen LogP contribution is 2.32. The molecule has 0 saturated carbocycles. The number of alkyl halides is 3. The van der Waals surface area contributed by atoms with Crippen molar-refractivity contribution in [2.45, 2.75) is 25.6 Å². The smallest absolute Gasteiger partial charge is 0.416 e. The zero-order valence-electron chi connectivity index (χ0n) is 10.4. The van der Waals surface area contributed by atoms with Crippen LogP contribution in [0.2, 0.25) is 0 Å². The molecule has 0 radical (unpaired) electrons. The molecule has 1 rings (SSSR count). The highest BCUT2D eigenvalue weighted by molar-refractivity contribution is 5.77. The number of carbonyl (C=O) groups is 1. The second-order valence-corrected chi connectivity index (χ2v) is 4.46. The van der Waals surface area contributed by atoms with Crippen molar-refractivity contribution >= 4 is 11.7 Å². The van der Waals surface area contributed by atoms with Crippen LogP contribution in [0.15, 0.2) is 18.2 Å². The van der Waals surface area contributed by atoms with Crippen LogP contribution >= 0.6 is 0 Å². The standard InChI is InChI=1S/C12H14F3NO3/c1-7-3-4-8(12(13,14)15)5-9(7)16-6-11(2,19)10(17)18/h3-5,16,19H,6H2,1-2H3,(H,17,18). The molecule has 0 amide bonds. The number of aliphatic carboxylic acids is 1. The number of hydrogen-bond acceptors (Lipinski definition) is 3. The number of benzene rings is 1. The Labute approximate surface area is 107 Å². The van der Waals surface area contributed by atoms with Gasteiger partial charge in [-0.25, -0.2) is 4.79 Å². The molecule has 106 valence electrons. The quantitative estimate of drug-likeness (QED) is 0.789. The van der Waals surface area contributed by atoms with Gasteiger partial charge in [0.15, 0.2) is 5.60 Å². The first-order valence-electron chi connectivity index (χ1n) is 5.41. The molecule has 1 unspecified atom stereocenters. The number of hydrogen-bond donors (Lipinski definition) is 3. The molecule has 0 bridgehead atoms. The molecule has 0 aliphatic heterocycles. The number of carboxylic acids is 1.